The topological polar surface area (TPSA) is 76.1 Å². The zero-order valence-corrected chi connectivity index (χ0v) is 16.9. The standard InChI is InChI=1S/C24H23N3O3/c1-16(2)30-20-11-9-19(10-12-20)27-22(28)13-8-18-14-21(26-23(18)27)24(29)25-15-17-6-4-3-5-7-17/h3-14,16,26H,15H2,1-2H3,(H,25,29). The molecular weight excluding hydrogens is 378 g/mol. The number of aromatic nitrogens is 2. The van der Waals surface area contributed by atoms with Crippen molar-refractivity contribution >= 4 is 16.9 Å². The number of nitrogens with one attached hydrogen (secondary N) is 2. The Labute approximate surface area is 174 Å². The first-order chi connectivity index (χ1) is 14.5. The summed E-state index contributed by atoms with van der Waals surface area (Å²) in [5.74, 6) is 0.510. The number of carbonyl (C=O) groups is 1. The van der Waals surface area contributed by atoms with Gasteiger partial charge in [-0.25, -0.2) is 0 Å². The molecule has 0 saturated heterocycles. The first kappa shape index (κ1) is 19.5. The van der Waals surface area contributed by atoms with Crippen LogP contribution in [0.2, 0.25) is 0 Å². The van der Waals surface area contributed by atoms with Crippen LogP contribution in [0, 0.1) is 0 Å². The van der Waals surface area contributed by atoms with Crippen molar-refractivity contribution in [2.24, 2.45) is 0 Å². The Kier molecular flexibility index (Phi) is 5.39. The van der Waals surface area contributed by atoms with Gasteiger partial charge < -0.3 is 15.0 Å². The molecule has 0 atom stereocenters. The Hall–Kier alpha value is -3.80. The molecule has 152 valence electrons. The first-order valence-electron chi connectivity index (χ1n) is 9.85. The minimum absolute atomic E-state index is 0.0716. The molecule has 0 radical (unpaired) electrons. The number of nitrogens with zero attached hydrogens (tertiary/aromatic N) is 1. The van der Waals surface area contributed by atoms with Crippen LogP contribution < -0.4 is 15.6 Å². The predicted octanol–water partition coefficient (Wildman–Crippen LogP) is 4.04. The summed E-state index contributed by atoms with van der Waals surface area (Å²) in [5.41, 5.74) is 2.51. The van der Waals surface area contributed by atoms with E-state index in [2.05, 4.69) is 10.3 Å². The number of hydrogen-bond donors (Lipinski definition) is 2. The van der Waals surface area contributed by atoms with Gasteiger partial charge in [-0.1, -0.05) is 30.3 Å². The van der Waals surface area contributed by atoms with E-state index in [1.165, 1.54) is 6.07 Å². The van der Waals surface area contributed by atoms with E-state index in [0.29, 0.717) is 23.6 Å². The number of carbonyl (C=O) groups excluding carboxylic acids is 1. The number of amides is 1. The lowest BCUT2D eigenvalue weighted by molar-refractivity contribution is 0.0946. The Bertz CT molecular complexity index is 1220. The molecule has 2 aromatic heterocycles. The van der Waals surface area contributed by atoms with Gasteiger partial charge in [0.05, 0.1) is 11.8 Å². The van der Waals surface area contributed by atoms with Crippen molar-refractivity contribution in [2.75, 3.05) is 0 Å². The number of hydrogen-bond acceptors (Lipinski definition) is 3. The normalized spacial score (nSPS) is 11.0. The van der Waals surface area contributed by atoms with Crippen LogP contribution in [0.25, 0.3) is 16.7 Å². The highest BCUT2D eigenvalue weighted by atomic mass is 16.5. The Morgan fingerprint density at radius 2 is 1.77 bits per heavy atom. The molecule has 2 aromatic carbocycles. The van der Waals surface area contributed by atoms with Crippen molar-refractivity contribution in [3.63, 3.8) is 0 Å². The highest BCUT2D eigenvalue weighted by molar-refractivity contribution is 5.97. The van der Waals surface area contributed by atoms with Gasteiger partial charge in [-0.15, -0.1) is 0 Å². The number of pyridine rings is 1. The third-order valence-corrected chi connectivity index (χ3v) is 4.68. The average molecular weight is 401 g/mol. The summed E-state index contributed by atoms with van der Waals surface area (Å²) in [7, 11) is 0. The van der Waals surface area contributed by atoms with Crippen molar-refractivity contribution in [1.82, 2.24) is 14.9 Å². The van der Waals surface area contributed by atoms with Gasteiger partial charge in [0, 0.05) is 18.0 Å². The van der Waals surface area contributed by atoms with Gasteiger partial charge in [-0.2, -0.15) is 0 Å². The van der Waals surface area contributed by atoms with Gasteiger partial charge in [-0.3, -0.25) is 14.2 Å². The van der Waals surface area contributed by atoms with E-state index in [1.807, 2.05) is 68.4 Å². The largest absolute Gasteiger partial charge is 0.491 e. The van der Waals surface area contributed by atoms with E-state index in [0.717, 1.165) is 16.7 Å². The molecule has 0 saturated carbocycles. The molecule has 4 rings (SSSR count). The highest BCUT2D eigenvalue weighted by Gasteiger charge is 2.13. The molecule has 0 unspecified atom stereocenters. The maximum atomic E-state index is 12.6. The van der Waals surface area contributed by atoms with Crippen LogP contribution in [0.15, 0.2) is 77.6 Å². The lowest BCUT2D eigenvalue weighted by Gasteiger charge is -2.11. The fourth-order valence-corrected chi connectivity index (χ4v) is 3.32. The van der Waals surface area contributed by atoms with Crippen molar-refractivity contribution in [3.05, 3.63) is 94.4 Å². The zero-order chi connectivity index (χ0) is 21.1. The lowest BCUT2D eigenvalue weighted by atomic mass is 10.2. The Balaban J connectivity index is 1.63. The van der Waals surface area contributed by atoms with Gasteiger partial charge in [0.25, 0.3) is 11.5 Å². The fraction of sp³-hybridized carbons (Fsp3) is 0.167. The molecule has 6 nitrogen and oxygen atoms in total. The van der Waals surface area contributed by atoms with Gasteiger partial charge >= 0.3 is 0 Å². The van der Waals surface area contributed by atoms with E-state index >= 15 is 0 Å². The van der Waals surface area contributed by atoms with Crippen LogP contribution in [0.5, 0.6) is 5.75 Å². The third-order valence-electron chi connectivity index (χ3n) is 4.68. The summed E-state index contributed by atoms with van der Waals surface area (Å²) in [6, 6.07) is 22.0. The predicted molar refractivity (Wildman–Crippen MR) is 117 cm³/mol. The number of H-pyrrole nitrogens is 1. The molecule has 0 aliphatic rings. The number of ether oxygens (including phenoxy) is 1. The Morgan fingerprint density at radius 3 is 2.47 bits per heavy atom. The van der Waals surface area contributed by atoms with Crippen molar-refractivity contribution < 1.29 is 9.53 Å². The summed E-state index contributed by atoms with van der Waals surface area (Å²) in [5, 5.41) is 3.68. The van der Waals surface area contributed by atoms with E-state index in [9.17, 15) is 9.59 Å². The summed E-state index contributed by atoms with van der Waals surface area (Å²) in [4.78, 5) is 28.3. The third kappa shape index (κ3) is 4.12. The monoisotopic (exact) mass is 401 g/mol. The summed E-state index contributed by atoms with van der Waals surface area (Å²) in [6.45, 7) is 4.35. The molecule has 0 aliphatic carbocycles. The molecule has 30 heavy (non-hydrogen) atoms. The van der Waals surface area contributed by atoms with E-state index < -0.39 is 0 Å². The molecule has 4 aromatic rings. The van der Waals surface area contributed by atoms with Crippen LogP contribution >= 0.6 is 0 Å². The molecule has 0 bridgehead atoms. The van der Waals surface area contributed by atoms with Crippen LogP contribution in [-0.2, 0) is 6.54 Å². The minimum Gasteiger partial charge on any atom is -0.491 e. The van der Waals surface area contributed by atoms with Crippen LogP contribution in [0.1, 0.15) is 29.9 Å². The number of aromatic amines is 1. The molecule has 1 amide bonds. The van der Waals surface area contributed by atoms with Gasteiger partial charge in [0.15, 0.2) is 0 Å². The molecule has 0 spiro atoms. The number of benzene rings is 2. The average Bonchev–Trinajstić information content (AvgIpc) is 3.17. The highest BCUT2D eigenvalue weighted by Crippen LogP contribution is 2.20. The van der Waals surface area contributed by atoms with Gasteiger partial charge in [-0.05, 0) is 55.8 Å². The van der Waals surface area contributed by atoms with Crippen LogP contribution in [-0.4, -0.2) is 21.6 Å². The Morgan fingerprint density at radius 1 is 1.03 bits per heavy atom. The van der Waals surface area contributed by atoms with Crippen molar-refractivity contribution in [1.29, 1.82) is 0 Å². The summed E-state index contributed by atoms with van der Waals surface area (Å²) in [6.07, 6.45) is 0.0716. The molecule has 2 N–H and O–H groups in total. The fourth-order valence-electron chi connectivity index (χ4n) is 3.32. The minimum atomic E-state index is -0.227. The molecule has 0 fully saturated rings. The number of rotatable bonds is 6. The zero-order valence-electron chi connectivity index (χ0n) is 16.9. The van der Waals surface area contributed by atoms with Crippen molar-refractivity contribution in [3.8, 4) is 11.4 Å². The second kappa shape index (κ2) is 8.29. The quantitative estimate of drug-likeness (QED) is 0.512. The molecule has 2 heterocycles. The maximum Gasteiger partial charge on any atom is 0.268 e. The van der Waals surface area contributed by atoms with Gasteiger partial charge in [0.1, 0.15) is 17.1 Å². The lowest BCUT2D eigenvalue weighted by Crippen LogP contribution is -2.23. The second-order valence-electron chi connectivity index (χ2n) is 7.32. The van der Waals surface area contributed by atoms with E-state index in [-0.39, 0.29) is 17.6 Å². The van der Waals surface area contributed by atoms with Crippen molar-refractivity contribution in [2.45, 2.75) is 26.5 Å². The molecule has 0 aliphatic heterocycles. The van der Waals surface area contributed by atoms with Crippen LogP contribution in [0.3, 0.4) is 0 Å². The number of fused-ring (bicyclic) bond motifs is 1. The smallest absolute Gasteiger partial charge is 0.268 e. The van der Waals surface area contributed by atoms with E-state index in [1.54, 1.807) is 16.7 Å². The molecule has 6 heteroatoms. The maximum absolute atomic E-state index is 12.6. The first-order valence-corrected chi connectivity index (χ1v) is 9.85. The second-order valence-corrected chi connectivity index (χ2v) is 7.32. The summed E-state index contributed by atoms with van der Waals surface area (Å²) >= 11 is 0. The van der Waals surface area contributed by atoms with E-state index in [4.69, 9.17) is 4.74 Å². The SMILES string of the molecule is CC(C)Oc1ccc(-n2c(=O)ccc3cc(C(=O)NCc4ccccc4)[nH]c32)cc1. The van der Waals surface area contributed by atoms with Gasteiger partial charge in [0.2, 0.25) is 0 Å². The molecular formula is C24H23N3O3. The van der Waals surface area contributed by atoms with Crippen LogP contribution in [0.4, 0.5) is 0 Å². The summed E-state index contributed by atoms with van der Waals surface area (Å²) < 4.78 is 7.23.